The van der Waals surface area contributed by atoms with Crippen LogP contribution in [-0.2, 0) is 9.59 Å². The van der Waals surface area contributed by atoms with Crippen LogP contribution in [-0.4, -0.2) is 59.8 Å². The molecule has 0 aromatic rings. The number of aliphatic carboxylic acids is 1. The molecule has 0 aromatic heterocycles. The van der Waals surface area contributed by atoms with Crippen molar-refractivity contribution in [2.45, 2.75) is 32.1 Å². The molecule has 6 nitrogen and oxygen atoms in total. The summed E-state index contributed by atoms with van der Waals surface area (Å²) in [6, 6.07) is 0. The molecule has 6 heteroatoms. The van der Waals surface area contributed by atoms with E-state index in [1.807, 2.05) is 0 Å². The van der Waals surface area contributed by atoms with Crippen molar-refractivity contribution >= 4 is 11.9 Å². The Morgan fingerprint density at radius 1 is 1.10 bits per heavy atom. The molecule has 1 aliphatic heterocycles. The average molecular weight is 298 g/mol. The fourth-order valence-corrected chi connectivity index (χ4v) is 3.47. The molecule has 21 heavy (non-hydrogen) atoms. The molecule has 1 heterocycles. The van der Waals surface area contributed by atoms with Gasteiger partial charge in [0.2, 0.25) is 5.91 Å². The number of hydrogen-bond donors (Lipinski definition) is 3. The Morgan fingerprint density at radius 2 is 1.76 bits per heavy atom. The minimum atomic E-state index is -0.753. The van der Waals surface area contributed by atoms with E-state index < -0.39 is 5.97 Å². The van der Waals surface area contributed by atoms with Crippen LogP contribution in [0.4, 0.5) is 0 Å². The first kappa shape index (κ1) is 16.2. The number of likely N-dealkylation sites (tertiary alicyclic amines) is 1. The summed E-state index contributed by atoms with van der Waals surface area (Å²) in [5.41, 5.74) is 0. The van der Waals surface area contributed by atoms with Gasteiger partial charge in [0.1, 0.15) is 0 Å². The normalized spacial score (nSPS) is 27.0. The van der Waals surface area contributed by atoms with Crippen LogP contribution in [0.5, 0.6) is 0 Å². The number of aliphatic hydroxyl groups excluding tert-OH is 1. The van der Waals surface area contributed by atoms with Crippen LogP contribution in [0.25, 0.3) is 0 Å². The van der Waals surface area contributed by atoms with E-state index >= 15 is 0 Å². The summed E-state index contributed by atoms with van der Waals surface area (Å²) in [5, 5.41) is 21.4. The number of carbonyl (C=O) groups excluding carboxylic acids is 1. The molecule has 2 rings (SSSR count). The number of carboxylic acids is 1. The van der Waals surface area contributed by atoms with Crippen molar-refractivity contribution in [3.8, 4) is 0 Å². The first-order chi connectivity index (χ1) is 10.1. The topological polar surface area (TPSA) is 89.9 Å². The van der Waals surface area contributed by atoms with Gasteiger partial charge < -0.3 is 20.4 Å². The Bertz CT molecular complexity index is 367. The second-order valence-electron chi connectivity index (χ2n) is 6.26. The summed E-state index contributed by atoms with van der Waals surface area (Å²) in [6.45, 7) is 2.41. The van der Waals surface area contributed by atoms with Gasteiger partial charge >= 0.3 is 5.97 Å². The molecule has 2 fully saturated rings. The van der Waals surface area contributed by atoms with Gasteiger partial charge in [0.25, 0.3) is 0 Å². The molecule has 3 N–H and O–H groups in total. The number of amides is 1. The molecule has 2 unspecified atom stereocenters. The van der Waals surface area contributed by atoms with E-state index in [2.05, 4.69) is 5.32 Å². The summed E-state index contributed by atoms with van der Waals surface area (Å²) < 4.78 is 0. The molecule has 0 radical (unpaired) electrons. The van der Waals surface area contributed by atoms with Crippen LogP contribution in [0, 0.1) is 17.8 Å². The Kier molecular flexibility index (Phi) is 5.99. The third-order valence-corrected chi connectivity index (χ3v) is 4.93. The van der Waals surface area contributed by atoms with E-state index in [0.717, 1.165) is 25.8 Å². The second-order valence-corrected chi connectivity index (χ2v) is 6.26. The Morgan fingerprint density at radius 3 is 2.38 bits per heavy atom. The summed E-state index contributed by atoms with van der Waals surface area (Å²) in [4.78, 5) is 24.7. The summed E-state index contributed by atoms with van der Waals surface area (Å²) >= 11 is 0. The lowest BCUT2D eigenvalue weighted by atomic mass is 9.96. The Balaban J connectivity index is 1.65. The van der Waals surface area contributed by atoms with Crippen molar-refractivity contribution < 1.29 is 19.8 Å². The maximum atomic E-state index is 12.1. The highest BCUT2D eigenvalue weighted by molar-refractivity contribution is 5.78. The van der Waals surface area contributed by atoms with Crippen LogP contribution in [0.1, 0.15) is 32.1 Å². The zero-order valence-corrected chi connectivity index (χ0v) is 12.5. The van der Waals surface area contributed by atoms with E-state index in [-0.39, 0.29) is 18.4 Å². The third-order valence-electron chi connectivity index (χ3n) is 4.93. The third kappa shape index (κ3) is 4.41. The fraction of sp³-hybridized carbons (Fsp3) is 0.867. The van der Waals surface area contributed by atoms with E-state index in [0.29, 0.717) is 44.3 Å². The predicted octanol–water partition coefficient (Wildman–Crippen LogP) is 0.308. The van der Waals surface area contributed by atoms with Gasteiger partial charge in [0, 0.05) is 19.7 Å². The quantitative estimate of drug-likeness (QED) is 0.656. The number of nitrogens with zero attached hydrogens (tertiary/aromatic N) is 1. The number of nitrogens with one attached hydrogen (secondary N) is 1. The van der Waals surface area contributed by atoms with E-state index in [4.69, 9.17) is 5.11 Å². The highest BCUT2D eigenvalue weighted by atomic mass is 16.4. The zero-order valence-electron chi connectivity index (χ0n) is 12.5. The van der Waals surface area contributed by atoms with Crippen LogP contribution < -0.4 is 5.32 Å². The lowest BCUT2D eigenvalue weighted by Crippen LogP contribution is -2.44. The smallest absolute Gasteiger partial charge is 0.306 e. The summed E-state index contributed by atoms with van der Waals surface area (Å²) in [7, 11) is 0. The summed E-state index contributed by atoms with van der Waals surface area (Å²) in [5.74, 6) is -0.154. The lowest BCUT2D eigenvalue weighted by Gasteiger charge is -2.30. The molecule has 2 aliphatic rings. The maximum Gasteiger partial charge on any atom is 0.306 e. The summed E-state index contributed by atoms with van der Waals surface area (Å²) in [6.07, 6.45) is 4.47. The molecule has 0 aromatic carbocycles. The Labute approximate surface area is 125 Å². The second kappa shape index (κ2) is 7.75. The van der Waals surface area contributed by atoms with Crippen molar-refractivity contribution in [3.05, 3.63) is 0 Å². The van der Waals surface area contributed by atoms with Gasteiger partial charge in [-0.2, -0.15) is 0 Å². The molecule has 120 valence electrons. The number of aliphatic hydroxyl groups is 1. The van der Waals surface area contributed by atoms with Crippen molar-refractivity contribution in [1.82, 2.24) is 10.2 Å². The number of piperidine rings is 1. The number of carbonyl (C=O) groups is 2. The lowest BCUT2D eigenvalue weighted by molar-refractivity contribution is -0.145. The molecular formula is C15H26N2O4. The first-order valence-corrected chi connectivity index (χ1v) is 7.94. The number of hydrogen-bond acceptors (Lipinski definition) is 4. The number of carboxylic acid groups (broad SMARTS) is 1. The minimum absolute atomic E-state index is 0.0531. The fourth-order valence-electron chi connectivity index (χ4n) is 3.47. The van der Waals surface area contributed by atoms with Crippen LogP contribution in [0.15, 0.2) is 0 Å². The van der Waals surface area contributed by atoms with Crippen molar-refractivity contribution in [3.63, 3.8) is 0 Å². The molecule has 0 bridgehead atoms. The Hall–Kier alpha value is -1.14. The van der Waals surface area contributed by atoms with Crippen molar-refractivity contribution in [2.24, 2.45) is 17.8 Å². The highest BCUT2D eigenvalue weighted by Gasteiger charge is 2.28. The van der Waals surface area contributed by atoms with Crippen molar-refractivity contribution in [1.29, 1.82) is 0 Å². The van der Waals surface area contributed by atoms with Crippen LogP contribution >= 0.6 is 0 Å². The molecular weight excluding hydrogens is 272 g/mol. The van der Waals surface area contributed by atoms with Gasteiger partial charge in [-0.3, -0.25) is 9.59 Å². The number of rotatable bonds is 6. The largest absolute Gasteiger partial charge is 0.481 e. The molecule has 2 atom stereocenters. The van der Waals surface area contributed by atoms with E-state index in [1.165, 1.54) is 0 Å². The zero-order chi connectivity index (χ0) is 15.2. The molecule has 1 saturated carbocycles. The highest BCUT2D eigenvalue weighted by Crippen LogP contribution is 2.30. The van der Waals surface area contributed by atoms with E-state index in [9.17, 15) is 14.7 Å². The maximum absolute atomic E-state index is 12.1. The van der Waals surface area contributed by atoms with Crippen LogP contribution in [0.2, 0.25) is 0 Å². The molecule has 1 aliphatic carbocycles. The van der Waals surface area contributed by atoms with Gasteiger partial charge in [0.15, 0.2) is 0 Å². The molecule has 0 spiro atoms. The molecule has 1 amide bonds. The van der Waals surface area contributed by atoms with Gasteiger partial charge in [-0.05, 0) is 44.1 Å². The van der Waals surface area contributed by atoms with Crippen molar-refractivity contribution in [2.75, 3.05) is 32.8 Å². The standard InChI is InChI=1S/C15H26N2O4/c18-10-13-3-1-2-12(13)8-16-9-14(19)17-6-4-11(5-7-17)15(20)21/h11-13,16,18H,1-10H2,(H,20,21). The SMILES string of the molecule is O=C(O)C1CCN(C(=O)CNCC2CCCC2CO)CC1. The minimum Gasteiger partial charge on any atom is -0.481 e. The van der Waals surface area contributed by atoms with Gasteiger partial charge in [-0.1, -0.05) is 6.42 Å². The first-order valence-electron chi connectivity index (χ1n) is 7.94. The predicted molar refractivity (Wildman–Crippen MR) is 77.7 cm³/mol. The average Bonchev–Trinajstić information content (AvgIpc) is 2.94. The van der Waals surface area contributed by atoms with Crippen LogP contribution in [0.3, 0.4) is 0 Å². The molecule has 1 saturated heterocycles. The van der Waals surface area contributed by atoms with Gasteiger partial charge in [0.05, 0.1) is 12.5 Å². The van der Waals surface area contributed by atoms with E-state index in [1.54, 1.807) is 4.90 Å². The van der Waals surface area contributed by atoms with Gasteiger partial charge in [-0.25, -0.2) is 0 Å². The van der Waals surface area contributed by atoms with Gasteiger partial charge in [-0.15, -0.1) is 0 Å². The monoisotopic (exact) mass is 298 g/mol.